The summed E-state index contributed by atoms with van der Waals surface area (Å²) in [5, 5.41) is 14.1. The first-order valence-electron chi connectivity index (χ1n) is 9.76. The van der Waals surface area contributed by atoms with Crippen molar-refractivity contribution in [1.29, 1.82) is 0 Å². The Morgan fingerprint density at radius 3 is 2.60 bits per heavy atom. The number of unbranched alkanes of at least 4 members (excludes halogenated alkanes) is 1. The van der Waals surface area contributed by atoms with Crippen LogP contribution in [-0.2, 0) is 11.2 Å². The maximum Gasteiger partial charge on any atom is 0.257 e. The van der Waals surface area contributed by atoms with E-state index in [4.69, 9.17) is 0 Å². The first kappa shape index (κ1) is 22.0. The molecule has 0 unspecified atom stereocenters. The Hall–Kier alpha value is -2.71. The fourth-order valence-electron chi connectivity index (χ4n) is 2.73. The molecule has 8 heteroatoms. The quantitative estimate of drug-likeness (QED) is 0.354. The summed E-state index contributed by atoms with van der Waals surface area (Å²) in [5.41, 5.74) is 3.64. The molecule has 0 radical (unpaired) electrons. The highest BCUT2D eigenvalue weighted by atomic mass is 32.2. The van der Waals surface area contributed by atoms with Crippen molar-refractivity contribution in [1.82, 2.24) is 10.2 Å². The van der Waals surface area contributed by atoms with Gasteiger partial charge in [-0.3, -0.25) is 14.9 Å². The average Bonchev–Trinajstić information content (AvgIpc) is 3.19. The van der Waals surface area contributed by atoms with Gasteiger partial charge in [-0.2, -0.15) is 0 Å². The molecule has 1 aromatic heterocycles. The lowest BCUT2D eigenvalue weighted by molar-refractivity contribution is -0.113. The summed E-state index contributed by atoms with van der Waals surface area (Å²) < 4.78 is 0.625. The van der Waals surface area contributed by atoms with Crippen molar-refractivity contribution >= 4 is 45.7 Å². The van der Waals surface area contributed by atoms with Gasteiger partial charge in [-0.15, -0.1) is 10.2 Å². The number of carbonyl (C=O) groups is 2. The molecule has 0 saturated heterocycles. The standard InChI is InChI=1S/C22H24N4O2S2/c1-3-4-7-16-9-11-18(12-10-16)23-19(27)14-29-22-26-25-21(30-22)24-20(28)17-8-5-6-15(2)13-17/h5-6,8-13H,3-4,7,14H2,1-2H3,(H,23,27)(H,24,25,28). The number of thioether (sulfide) groups is 1. The number of anilines is 2. The first-order valence-corrected chi connectivity index (χ1v) is 11.6. The summed E-state index contributed by atoms with van der Waals surface area (Å²) in [5.74, 6) is -0.119. The van der Waals surface area contributed by atoms with Crippen LogP contribution in [0.2, 0.25) is 0 Å². The van der Waals surface area contributed by atoms with Crippen molar-refractivity contribution in [2.45, 2.75) is 37.4 Å². The summed E-state index contributed by atoms with van der Waals surface area (Å²) in [4.78, 5) is 24.5. The van der Waals surface area contributed by atoms with Gasteiger partial charge in [-0.25, -0.2) is 0 Å². The number of nitrogens with one attached hydrogen (secondary N) is 2. The number of carbonyl (C=O) groups excluding carboxylic acids is 2. The molecular formula is C22H24N4O2S2. The van der Waals surface area contributed by atoms with Crippen molar-refractivity contribution in [2.24, 2.45) is 0 Å². The Morgan fingerprint density at radius 1 is 1.07 bits per heavy atom. The number of benzene rings is 2. The van der Waals surface area contributed by atoms with E-state index in [-0.39, 0.29) is 17.6 Å². The van der Waals surface area contributed by atoms with Crippen LogP contribution in [0.1, 0.15) is 41.3 Å². The van der Waals surface area contributed by atoms with Gasteiger partial charge in [0.2, 0.25) is 11.0 Å². The van der Waals surface area contributed by atoms with Crippen LogP contribution in [0.4, 0.5) is 10.8 Å². The second-order valence-electron chi connectivity index (χ2n) is 6.83. The molecule has 2 N–H and O–H groups in total. The third kappa shape index (κ3) is 6.67. The number of nitrogens with zero attached hydrogens (tertiary/aromatic N) is 2. The lowest BCUT2D eigenvalue weighted by atomic mass is 10.1. The van der Waals surface area contributed by atoms with E-state index in [9.17, 15) is 9.59 Å². The van der Waals surface area contributed by atoms with Gasteiger partial charge in [-0.05, 0) is 49.6 Å². The van der Waals surface area contributed by atoms with E-state index < -0.39 is 0 Å². The molecule has 2 aromatic carbocycles. The predicted octanol–water partition coefficient (Wildman–Crippen LogP) is 5.17. The molecule has 0 aliphatic carbocycles. The fourth-order valence-corrected chi connectivity index (χ4v) is 4.28. The maximum absolute atomic E-state index is 12.3. The van der Waals surface area contributed by atoms with Gasteiger partial charge in [0.05, 0.1) is 5.75 Å². The molecule has 0 fully saturated rings. The van der Waals surface area contributed by atoms with E-state index in [2.05, 4.69) is 27.8 Å². The Bertz CT molecular complexity index is 1000. The van der Waals surface area contributed by atoms with Crippen LogP contribution in [-0.4, -0.2) is 27.8 Å². The second kappa shape index (κ2) is 10.9. The molecule has 3 rings (SSSR count). The molecule has 0 saturated carbocycles. The third-order valence-corrected chi connectivity index (χ3v) is 6.26. The summed E-state index contributed by atoms with van der Waals surface area (Å²) in [7, 11) is 0. The number of amides is 2. The number of hydrogen-bond acceptors (Lipinski definition) is 6. The van der Waals surface area contributed by atoms with E-state index in [1.54, 1.807) is 6.07 Å². The topological polar surface area (TPSA) is 84.0 Å². The van der Waals surface area contributed by atoms with Gasteiger partial charge in [0.15, 0.2) is 4.34 Å². The van der Waals surface area contributed by atoms with Crippen LogP contribution >= 0.6 is 23.1 Å². The minimum absolute atomic E-state index is 0.109. The molecule has 0 aliphatic heterocycles. The Labute approximate surface area is 184 Å². The molecule has 156 valence electrons. The normalized spacial score (nSPS) is 10.6. The lowest BCUT2D eigenvalue weighted by Crippen LogP contribution is -2.13. The van der Waals surface area contributed by atoms with Gasteiger partial charge in [-0.1, -0.05) is 66.3 Å². The highest BCUT2D eigenvalue weighted by Gasteiger charge is 2.12. The van der Waals surface area contributed by atoms with Crippen molar-refractivity contribution in [3.05, 3.63) is 65.2 Å². The first-order chi connectivity index (χ1) is 14.5. The average molecular weight is 441 g/mol. The summed E-state index contributed by atoms with van der Waals surface area (Å²) >= 11 is 2.54. The van der Waals surface area contributed by atoms with E-state index in [1.807, 2.05) is 49.4 Å². The zero-order valence-corrected chi connectivity index (χ0v) is 18.6. The van der Waals surface area contributed by atoms with Gasteiger partial charge >= 0.3 is 0 Å². The van der Waals surface area contributed by atoms with Crippen LogP contribution in [0.15, 0.2) is 52.9 Å². The Balaban J connectivity index is 1.46. The van der Waals surface area contributed by atoms with Crippen LogP contribution in [0, 0.1) is 6.92 Å². The molecule has 0 aliphatic rings. The summed E-state index contributed by atoms with van der Waals surface area (Å²) in [6.07, 6.45) is 3.39. The molecular weight excluding hydrogens is 416 g/mol. The highest BCUT2D eigenvalue weighted by Crippen LogP contribution is 2.26. The molecule has 30 heavy (non-hydrogen) atoms. The van der Waals surface area contributed by atoms with Crippen molar-refractivity contribution in [3.63, 3.8) is 0 Å². The van der Waals surface area contributed by atoms with Gasteiger partial charge in [0.25, 0.3) is 5.91 Å². The van der Waals surface area contributed by atoms with Gasteiger partial charge in [0, 0.05) is 11.3 Å². The third-order valence-electron chi connectivity index (χ3n) is 4.29. The Morgan fingerprint density at radius 2 is 1.87 bits per heavy atom. The molecule has 0 atom stereocenters. The van der Waals surface area contributed by atoms with Crippen LogP contribution in [0.3, 0.4) is 0 Å². The van der Waals surface area contributed by atoms with Gasteiger partial charge in [0.1, 0.15) is 0 Å². The van der Waals surface area contributed by atoms with E-state index >= 15 is 0 Å². The largest absolute Gasteiger partial charge is 0.325 e. The zero-order valence-electron chi connectivity index (χ0n) is 17.0. The van der Waals surface area contributed by atoms with Crippen molar-refractivity contribution < 1.29 is 9.59 Å². The molecule has 1 heterocycles. The van der Waals surface area contributed by atoms with Crippen LogP contribution in [0.5, 0.6) is 0 Å². The SMILES string of the molecule is CCCCc1ccc(NC(=O)CSc2nnc(NC(=O)c3cccc(C)c3)s2)cc1. The monoisotopic (exact) mass is 440 g/mol. The Kier molecular flexibility index (Phi) is 7.98. The summed E-state index contributed by atoms with van der Waals surface area (Å²) in [6.45, 7) is 4.10. The lowest BCUT2D eigenvalue weighted by Gasteiger charge is -2.06. The molecule has 3 aromatic rings. The molecule has 0 bridgehead atoms. The predicted molar refractivity (Wildman–Crippen MR) is 123 cm³/mol. The van der Waals surface area contributed by atoms with Crippen LogP contribution < -0.4 is 10.6 Å². The van der Waals surface area contributed by atoms with Crippen molar-refractivity contribution in [3.8, 4) is 0 Å². The second-order valence-corrected chi connectivity index (χ2v) is 9.03. The fraction of sp³-hybridized carbons (Fsp3) is 0.273. The molecule has 0 spiro atoms. The van der Waals surface area contributed by atoms with Crippen molar-refractivity contribution in [2.75, 3.05) is 16.4 Å². The zero-order chi connectivity index (χ0) is 21.3. The maximum atomic E-state index is 12.3. The van der Waals surface area contributed by atoms with Gasteiger partial charge < -0.3 is 5.32 Å². The molecule has 6 nitrogen and oxygen atoms in total. The van der Waals surface area contributed by atoms with E-state index in [0.717, 1.165) is 24.1 Å². The number of aryl methyl sites for hydroxylation is 2. The molecule has 2 amide bonds. The minimum Gasteiger partial charge on any atom is -0.325 e. The van der Waals surface area contributed by atoms with Crippen LogP contribution in [0.25, 0.3) is 0 Å². The number of hydrogen-bond donors (Lipinski definition) is 2. The smallest absolute Gasteiger partial charge is 0.257 e. The number of rotatable bonds is 9. The highest BCUT2D eigenvalue weighted by molar-refractivity contribution is 8.01. The van der Waals surface area contributed by atoms with E-state index in [1.165, 1.54) is 35.1 Å². The minimum atomic E-state index is -0.230. The van der Waals surface area contributed by atoms with E-state index in [0.29, 0.717) is 15.0 Å². The summed E-state index contributed by atoms with van der Waals surface area (Å²) in [6, 6.07) is 15.3. The number of aromatic nitrogens is 2.